The number of carbonyl (C=O) groups is 2. The number of methoxy groups -OCH3 is 1. The van der Waals surface area contributed by atoms with Crippen LogP contribution in [0.25, 0.3) is 0 Å². The number of hydrazone groups is 1. The average molecular weight is 374 g/mol. The number of carbonyl (C=O) groups excluding carboxylic acids is 2. The summed E-state index contributed by atoms with van der Waals surface area (Å²) in [6, 6.07) is 13.9. The van der Waals surface area contributed by atoms with Gasteiger partial charge in [-0.1, -0.05) is 23.7 Å². The second-order valence-electron chi connectivity index (χ2n) is 5.60. The number of halogens is 1. The fourth-order valence-corrected chi connectivity index (χ4v) is 2.22. The van der Waals surface area contributed by atoms with Gasteiger partial charge >= 0.3 is 0 Å². The molecule has 0 fully saturated rings. The predicted molar refractivity (Wildman–Crippen MR) is 101 cm³/mol. The lowest BCUT2D eigenvalue weighted by Gasteiger charge is -2.06. The first kappa shape index (κ1) is 19.5. The topological polar surface area (TPSA) is 79.8 Å². The molecule has 0 saturated heterocycles. The van der Waals surface area contributed by atoms with Crippen molar-refractivity contribution in [2.45, 2.75) is 19.9 Å². The summed E-state index contributed by atoms with van der Waals surface area (Å²) in [5.41, 5.74) is 4.34. The molecule has 0 aliphatic carbocycles. The Bertz CT molecular complexity index is 787. The van der Waals surface area contributed by atoms with Gasteiger partial charge in [0.2, 0.25) is 5.91 Å². The second-order valence-corrected chi connectivity index (χ2v) is 6.03. The third-order valence-corrected chi connectivity index (χ3v) is 3.77. The number of ether oxygens (including phenoxy) is 1. The molecule has 136 valence electrons. The largest absolute Gasteiger partial charge is 0.497 e. The van der Waals surface area contributed by atoms with Crippen LogP contribution in [-0.4, -0.2) is 24.6 Å². The zero-order valence-electron chi connectivity index (χ0n) is 14.6. The summed E-state index contributed by atoms with van der Waals surface area (Å²) in [4.78, 5) is 23.9. The van der Waals surface area contributed by atoms with Crippen LogP contribution in [0, 0.1) is 0 Å². The Morgan fingerprint density at radius 3 is 2.35 bits per heavy atom. The van der Waals surface area contributed by atoms with E-state index in [2.05, 4.69) is 15.8 Å². The van der Waals surface area contributed by atoms with E-state index < -0.39 is 0 Å². The minimum absolute atomic E-state index is 0.0937. The maximum Gasteiger partial charge on any atom is 0.271 e. The van der Waals surface area contributed by atoms with Crippen molar-refractivity contribution in [3.8, 4) is 5.75 Å². The molecule has 0 spiro atoms. The number of amides is 2. The van der Waals surface area contributed by atoms with Gasteiger partial charge in [0.25, 0.3) is 5.91 Å². The van der Waals surface area contributed by atoms with Crippen molar-refractivity contribution in [2.24, 2.45) is 5.10 Å². The fourth-order valence-electron chi connectivity index (χ4n) is 2.09. The van der Waals surface area contributed by atoms with Crippen molar-refractivity contribution in [3.63, 3.8) is 0 Å². The molecule has 0 heterocycles. The first-order valence-corrected chi connectivity index (χ1v) is 8.34. The molecule has 0 radical (unpaired) electrons. The normalized spacial score (nSPS) is 11.0. The van der Waals surface area contributed by atoms with E-state index in [1.807, 2.05) is 12.1 Å². The zero-order chi connectivity index (χ0) is 18.9. The average Bonchev–Trinajstić information content (AvgIpc) is 2.65. The van der Waals surface area contributed by atoms with Gasteiger partial charge in [-0.2, -0.15) is 5.10 Å². The minimum Gasteiger partial charge on any atom is -0.497 e. The van der Waals surface area contributed by atoms with Crippen LogP contribution in [-0.2, 0) is 11.3 Å². The van der Waals surface area contributed by atoms with Crippen LogP contribution in [0.1, 0.15) is 29.3 Å². The molecule has 0 unspecified atom stereocenters. The van der Waals surface area contributed by atoms with E-state index in [1.165, 1.54) is 0 Å². The maximum absolute atomic E-state index is 12.0. The van der Waals surface area contributed by atoms with Crippen molar-refractivity contribution < 1.29 is 14.3 Å². The molecule has 0 aromatic heterocycles. The lowest BCUT2D eigenvalue weighted by molar-refractivity contribution is -0.120. The number of rotatable bonds is 7. The van der Waals surface area contributed by atoms with Gasteiger partial charge in [-0.25, -0.2) is 5.43 Å². The molecule has 2 aromatic rings. The molecule has 0 aliphatic heterocycles. The molecule has 6 nitrogen and oxygen atoms in total. The highest BCUT2D eigenvalue weighted by atomic mass is 35.5. The molecule has 0 bridgehead atoms. The summed E-state index contributed by atoms with van der Waals surface area (Å²) in [7, 11) is 1.56. The lowest BCUT2D eigenvalue weighted by atomic mass is 10.2. The first-order valence-electron chi connectivity index (χ1n) is 7.96. The van der Waals surface area contributed by atoms with Crippen molar-refractivity contribution >= 4 is 29.1 Å². The molecular weight excluding hydrogens is 354 g/mol. The van der Waals surface area contributed by atoms with Crippen molar-refractivity contribution in [1.82, 2.24) is 10.7 Å². The molecular formula is C19H20ClN3O3. The number of nitrogens with zero attached hydrogens (tertiary/aromatic N) is 1. The fraction of sp³-hybridized carbons (Fsp3) is 0.211. The summed E-state index contributed by atoms with van der Waals surface area (Å²) in [5.74, 6) is 0.132. The van der Waals surface area contributed by atoms with E-state index in [1.54, 1.807) is 50.4 Å². The highest BCUT2D eigenvalue weighted by molar-refractivity contribution is 6.30. The van der Waals surface area contributed by atoms with Crippen LogP contribution < -0.4 is 15.5 Å². The Balaban J connectivity index is 1.79. The van der Waals surface area contributed by atoms with Crippen LogP contribution in [0.5, 0.6) is 5.75 Å². The van der Waals surface area contributed by atoms with Gasteiger partial charge in [0.05, 0.1) is 13.5 Å². The minimum atomic E-state index is -0.353. The number of benzene rings is 2. The third-order valence-electron chi connectivity index (χ3n) is 3.52. The van der Waals surface area contributed by atoms with Crippen molar-refractivity contribution in [3.05, 3.63) is 64.7 Å². The zero-order valence-corrected chi connectivity index (χ0v) is 15.3. The van der Waals surface area contributed by atoms with E-state index in [-0.39, 0.29) is 18.2 Å². The summed E-state index contributed by atoms with van der Waals surface area (Å²) < 4.78 is 5.04. The van der Waals surface area contributed by atoms with Crippen molar-refractivity contribution in [2.75, 3.05) is 7.11 Å². The van der Waals surface area contributed by atoms with Gasteiger partial charge in [-0.15, -0.1) is 0 Å². The molecule has 7 heteroatoms. The van der Waals surface area contributed by atoms with E-state index >= 15 is 0 Å². The molecule has 0 atom stereocenters. The Morgan fingerprint density at radius 1 is 1.08 bits per heavy atom. The van der Waals surface area contributed by atoms with Crippen LogP contribution in [0.15, 0.2) is 53.6 Å². The van der Waals surface area contributed by atoms with E-state index in [0.29, 0.717) is 28.6 Å². The summed E-state index contributed by atoms with van der Waals surface area (Å²) >= 11 is 5.82. The standard InChI is InChI=1S/C19H20ClN3O3/c1-13(11-18(24)21-12-14-3-7-16(20)8-4-14)22-23-19(25)15-5-9-17(26-2)10-6-15/h3-10H,11-12H2,1-2H3,(H,21,24)(H,23,25)/b22-13-. The van der Waals surface area contributed by atoms with E-state index in [0.717, 1.165) is 5.56 Å². The SMILES string of the molecule is COc1ccc(C(=O)N/N=C(/C)CC(=O)NCc2ccc(Cl)cc2)cc1. The monoisotopic (exact) mass is 373 g/mol. The Kier molecular flexibility index (Phi) is 7.17. The number of hydrogen-bond acceptors (Lipinski definition) is 4. The highest BCUT2D eigenvalue weighted by Gasteiger charge is 2.07. The molecule has 2 rings (SSSR count). The second kappa shape index (κ2) is 9.58. The summed E-state index contributed by atoms with van der Waals surface area (Å²) in [5, 5.41) is 7.40. The first-order chi connectivity index (χ1) is 12.5. The molecule has 2 N–H and O–H groups in total. The Hall–Kier alpha value is -2.86. The molecule has 2 amide bonds. The van der Waals surface area contributed by atoms with E-state index in [4.69, 9.17) is 16.3 Å². The molecule has 0 saturated carbocycles. The quantitative estimate of drug-likeness (QED) is 0.578. The maximum atomic E-state index is 12.0. The predicted octanol–water partition coefficient (Wildman–Crippen LogP) is 3.16. The number of hydrogen-bond donors (Lipinski definition) is 2. The smallest absolute Gasteiger partial charge is 0.271 e. The van der Waals surface area contributed by atoms with Gasteiger partial charge in [-0.3, -0.25) is 9.59 Å². The van der Waals surface area contributed by atoms with Crippen LogP contribution in [0.4, 0.5) is 0 Å². The van der Waals surface area contributed by atoms with Gasteiger partial charge in [0.1, 0.15) is 5.75 Å². The van der Waals surface area contributed by atoms with E-state index in [9.17, 15) is 9.59 Å². The Labute approximate surface area is 157 Å². The van der Waals surface area contributed by atoms with Gasteiger partial charge in [-0.05, 0) is 48.9 Å². The number of nitrogens with one attached hydrogen (secondary N) is 2. The van der Waals surface area contributed by atoms with Gasteiger partial charge in [0.15, 0.2) is 0 Å². The van der Waals surface area contributed by atoms with Gasteiger partial charge in [0, 0.05) is 22.8 Å². The lowest BCUT2D eigenvalue weighted by Crippen LogP contribution is -2.26. The van der Waals surface area contributed by atoms with Crippen LogP contribution in [0.2, 0.25) is 5.02 Å². The molecule has 26 heavy (non-hydrogen) atoms. The molecule has 2 aromatic carbocycles. The highest BCUT2D eigenvalue weighted by Crippen LogP contribution is 2.11. The summed E-state index contributed by atoms with van der Waals surface area (Å²) in [6.07, 6.45) is 0.0937. The van der Waals surface area contributed by atoms with Crippen molar-refractivity contribution in [1.29, 1.82) is 0 Å². The Morgan fingerprint density at radius 2 is 1.73 bits per heavy atom. The van der Waals surface area contributed by atoms with Gasteiger partial charge < -0.3 is 10.1 Å². The van der Waals surface area contributed by atoms with Crippen LogP contribution in [0.3, 0.4) is 0 Å². The summed E-state index contributed by atoms with van der Waals surface area (Å²) in [6.45, 7) is 2.08. The molecule has 0 aliphatic rings. The third kappa shape index (κ3) is 6.22. The van der Waals surface area contributed by atoms with Crippen LogP contribution >= 0.6 is 11.6 Å².